The van der Waals surface area contributed by atoms with Crippen LogP contribution in [0.2, 0.25) is 0 Å². The van der Waals surface area contributed by atoms with Crippen molar-refractivity contribution < 1.29 is 19.4 Å². The van der Waals surface area contributed by atoms with Crippen molar-refractivity contribution in [2.24, 2.45) is 11.8 Å². The zero-order valence-corrected chi connectivity index (χ0v) is 17.5. The molecule has 1 aliphatic carbocycles. The van der Waals surface area contributed by atoms with Gasteiger partial charge in [0.1, 0.15) is 5.78 Å². The Kier molecular flexibility index (Phi) is 13.1. The number of ether oxygens (including phenoxy) is 1. The van der Waals surface area contributed by atoms with E-state index in [0.29, 0.717) is 24.1 Å². The Morgan fingerprint density at radius 2 is 2.00 bits per heavy atom. The molecule has 1 fully saturated rings. The molecule has 4 nitrogen and oxygen atoms in total. The van der Waals surface area contributed by atoms with Crippen LogP contribution >= 0.6 is 11.8 Å². The van der Waals surface area contributed by atoms with Gasteiger partial charge in [-0.2, -0.15) is 11.8 Å². The minimum atomic E-state index is -0.197. The molecule has 0 bridgehead atoms. The summed E-state index contributed by atoms with van der Waals surface area (Å²) in [6.07, 6.45) is 10.8. The maximum Gasteiger partial charge on any atom is 0.315 e. The standard InChI is InChI=1S/C21H38O4S/c1-3-5-6-9-18(22)13-11-17-12-14-20(23)19(17)10-7-8-15-26-16-21(24)25-4-2/h17-19,22H,3-16H2,1-2H3/t17-,18?,19+/m0/s1. The van der Waals surface area contributed by atoms with E-state index in [1.165, 1.54) is 12.8 Å². The van der Waals surface area contributed by atoms with Crippen LogP contribution in [0, 0.1) is 11.8 Å². The van der Waals surface area contributed by atoms with E-state index in [1.807, 2.05) is 6.92 Å². The van der Waals surface area contributed by atoms with Gasteiger partial charge < -0.3 is 9.84 Å². The molecule has 26 heavy (non-hydrogen) atoms. The van der Waals surface area contributed by atoms with Gasteiger partial charge >= 0.3 is 5.97 Å². The second kappa shape index (κ2) is 14.5. The van der Waals surface area contributed by atoms with Gasteiger partial charge in [-0.25, -0.2) is 0 Å². The van der Waals surface area contributed by atoms with Gasteiger partial charge in [-0.15, -0.1) is 0 Å². The van der Waals surface area contributed by atoms with Gasteiger partial charge in [0.15, 0.2) is 0 Å². The maximum atomic E-state index is 12.2. The maximum absolute atomic E-state index is 12.2. The van der Waals surface area contributed by atoms with Gasteiger partial charge in [-0.05, 0) is 57.1 Å². The van der Waals surface area contributed by atoms with E-state index >= 15 is 0 Å². The van der Waals surface area contributed by atoms with Gasteiger partial charge in [-0.1, -0.05) is 32.6 Å². The van der Waals surface area contributed by atoms with Crippen molar-refractivity contribution in [1.82, 2.24) is 0 Å². The Bertz CT molecular complexity index is 399. The van der Waals surface area contributed by atoms with Crippen LogP contribution in [0.1, 0.15) is 84.5 Å². The van der Waals surface area contributed by atoms with Gasteiger partial charge in [0.05, 0.1) is 18.5 Å². The third-order valence-electron chi connectivity index (χ3n) is 5.33. The third kappa shape index (κ3) is 9.96. The van der Waals surface area contributed by atoms with E-state index in [1.54, 1.807) is 11.8 Å². The molecule has 0 aromatic carbocycles. The molecule has 0 amide bonds. The monoisotopic (exact) mass is 386 g/mol. The smallest absolute Gasteiger partial charge is 0.315 e. The van der Waals surface area contributed by atoms with E-state index in [9.17, 15) is 14.7 Å². The molecule has 0 radical (unpaired) electrons. The first-order valence-corrected chi connectivity index (χ1v) is 11.7. The highest BCUT2D eigenvalue weighted by atomic mass is 32.2. The lowest BCUT2D eigenvalue weighted by molar-refractivity contribution is -0.139. The molecule has 0 saturated heterocycles. The lowest BCUT2D eigenvalue weighted by atomic mass is 9.86. The van der Waals surface area contributed by atoms with E-state index < -0.39 is 0 Å². The van der Waals surface area contributed by atoms with Crippen LogP contribution in [0.25, 0.3) is 0 Å². The molecule has 0 aliphatic heterocycles. The number of Topliss-reactive ketones (excluding diaryl/α,β-unsaturated/α-hetero) is 1. The van der Waals surface area contributed by atoms with Crippen molar-refractivity contribution in [3.05, 3.63) is 0 Å². The number of esters is 1. The molecule has 0 aromatic rings. The first kappa shape index (κ1) is 23.5. The van der Waals surface area contributed by atoms with Gasteiger partial charge in [0, 0.05) is 12.3 Å². The fourth-order valence-corrected chi connectivity index (χ4v) is 4.63. The normalized spacial score (nSPS) is 21.1. The van der Waals surface area contributed by atoms with Crippen molar-refractivity contribution in [2.75, 3.05) is 18.1 Å². The second-order valence-corrected chi connectivity index (χ2v) is 8.56. The lowest BCUT2D eigenvalue weighted by Gasteiger charge is -2.20. The zero-order valence-electron chi connectivity index (χ0n) is 16.7. The second-order valence-electron chi connectivity index (χ2n) is 7.45. The molecule has 1 rings (SSSR count). The lowest BCUT2D eigenvalue weighted by Crippen LogP contribution is -2.17. The summed E-state index contributed by atoms with van der Waals surface area (Å²) in [7, 11) is 0. The topological polar surface area (TPSA) is 63.6 Å². The number of thioether (sulfide) groups is 1. The Hall–Kier alpha value is -0.550. The average Bonchev–Trinajstić information content (AvgIpc) is 2.96. The number of unbranched alkanes of at least 4 members (excludes halogenated alkanes) is 3. The van der Waals surface area contributed by atoms with Crippen molar-refractivity contribution in [3.8, 4) is 0 Å². The first-order chi connectivity index (χ1) is 12.6. The molecule has 0 heterocycles. The van der Waals surface area contributed by atoms with Gasteiger partial charge in [-0.3, -0.25) is 9.59 Å². The van der Waals surface area contributed by atoms with Gasteiger partial charge in [0.25, 0.3) is 0 Å². The van der Waals surface area contributed by atoms with Crippen LogP contribution in [0.15, 0.2) is 0 Å². The number of rotatable bonds is 15. The van der Waals surface area contributed by atoms with Crippen molar-refractivity contribution >= 4 is 23.5 Å². The summed E-state index contributed by atoms with van der Waals surface area (Å²) in [5.41, 5.74) is 0. The first-order valence-electron chi connectivity index (χ1n) is 10.5. The largest absolute Gasteiger partial charge is 0.465 e. The minimum Gasteiger partial charge on any atom is -0.465 e. The highest BCUT2D eigenvalue weighted by molar-refractivity contribution is 7.99. The van der Waals surface area contributed by atoms with Gasteiger partial charge in [0.2, 0.25) is 0 Å². The summed E-state index contributed by atoms with van der Waals surface area (Å²) in [6.45, 7) is 4.44. The summed E-state index contributed by atoms with van der Waals surface area (Å²) in [4.78, 5) is 23.5. The predicted octanol–water partition coefficient (Wildman–Crippen LogP) is 4.77. The van der Waals surface area contributed by atoms with Crippen LogP contribution in [-0.4, -0.2) is 41.1 Å². The zero-order chi connectivity index (χ0) is 19.2. The Balaban J connectivity index is 2.16. The number of ketones is 1. The molecule has 0 spiro atoms. The SMILES string of the molecule is CCCCCC(O)CC[C@H]1CCC(=O)[C@@H]1CCCCSCC(=O)OCC. The number of aliphatic hydroxyl groups is 1. The fourth-order valence-electron chi connectivity index (χ4n) is 3.83. The average molecular weight is 387 g/mol. The van der Waals surface area contributed by atoms with Crippen LogP contribution in [0.5, 0.6) is 0 Å². The third-order valence-corrected chi connectivity index (χ3v) is 6.35. The van der Waals surface area contributed by atoms with Crippen molar-refractivity contribution in [3.63, 3.8) is 0 Å². The number of hydrogen-bond acceptors (Lipinski definition) is 5. The number of aliphatic hydroxyl groups excluding tert-OH is 1. The number of carbonyl (C=O) groups is 2. The summed E-state index contributed by atoms with van der Waals surface area (Å²) < 4.78 is 4.91. The van der Waals surface area contributed by atoms with E-state index in [0.717, 1.165) is 63.5 Å². The van der Waals surface area contributed by atoms with E-state index in [4.69, 9.17) is 4.74 Å². The van der Waals surface area contributed by atoms with Crippen LogP contribution in [0.3, 0.4) is 0 Å². The summed E-state index contributed by atoms with van der Waals surface area (Å²) in [5, 5.41) is 10.1. The van der Waals surface area contributed by atoms with Crippen LogP contribution in [0.4, 0.5) is 0 Å². The molecule has 5 heteroatoms. The molecule has 152 valence electrons. The highest BCUT2D eigenvalue weighted by Crippen LogP contribution is 2.36. The number of carbonyl (C=O) groups excluding carboxylic acids is 2. The Labute approximate surface area is 163 Å². The summed E-state index contributed by atoms with van der Waals surface area (Å²) in [5.74, 6) is 2.33. The molecule has 0 aromatic heterocycles. The number of hydrogen-bond donors (Lipinski definition) is 1. The predicted molar refractivity (Wildman–Crippen MR) is 108 cm³/mol. The van der Waals surface area contributed by atoms with Crippen LogP contribution < -0.4 is 0 Å². The highest BCUT2D eigenvalue weighted by Gasteiger charge is 2.33. The quantitative estimate of drug-likeness (QED) is 0.324. The molecule has 3 atom stereocenters. The molecule has 1 unspecified atom stereocenters. The van der Waals surface area contributed by atoms with Crippen LogP contribution in [-0.2, 0) is 14.3 Å². The van der Waals surface area contributed by atoms with E-state index in [2.05, 4.69) is 6.92 Å². The molecular weight excluding hydrogens is 348 g/mol. The molecular formula is C21H38O4S. The van der Waals surface area contributed by atoms with Crippen molar-refractivity contribution in [1.29, 1.82) is 0 Å². The van der Waals surface area contributed by atoms with E-state index in [-0.39, 0.29) is 18.0 Å². The summed E-state index contributed by atoms with van der Waals surface area (Å²) >= 11 is 1.62. The fraction of sp³-hybridized carbons (Fsp3) is 0.905. The summed E-state index contributed by atoms with van der Waals surface area (Å²) in [6, 6.07) is 0. The molecule has 1 N–H and O–H groups in total. The Morgan fingerprint density at radius 1 is 1.19 bits per heavy atom. The Morgan fingerprint density at radius 3 is 2.73 bits per heavy atom. The van der Waals surface area contributed by atoms with Crippen molar-refractivity contribution in [2.45, 2.75) is 90.6 Å². The molecule has 1 aliphatic rings. The minimum absolute atomic E-state index is 0.138. The molecule has 1 saturated carbocycles.